The van der Waals surface area contributed by atoms with Gasteiger partial charge in [-0.05, 0) is 61.1 Å². The number of likely N-dealkylation sites (N-methyl/N-ethyl adjacent to an activating group) is 1. The maximum Gasteiger partial charge on any atom is 0.323 e. The van der Waals surface area contributed by atoms with Crippen molar-refractivity contribution in [3.8, 4) is 0 Å². The molecule has 1 amide bonds. The first-order valence-electron chi connectivity index (χ1n) is 11.1. The standard InChI is InChI=1S/C27H29N3O3/c1-5-20(22-9-7-6-8-18(22)2)15-28-19(3)30-17-27(12-13-27)23-11-10-21(14-24(23)30)26(33)29(4)16-25(31)32/h5-11,14-15H,1,12-13,16-17H2,2-4H3,(H,31,32)/b20-15+,28-19?. The Hall–Kier alpha value is -3.67. The summed E-state index contributed by atoms with van der Waals surface area (Å²) in [6.07, 6.45) is 5.90. The van der Waals surface area contributed by atoms with Crippen LogP contribution >= 0.6 is 0 Å². The number of aliphatic carboxylic acids is 1. The van der Waals surface area contributed by atoms with Gasteiger partial charge in [0.05, 0.1) is 0 Å². The van der Waals surface area contributed by atoms with Gasteiger partial charge in [-0.2, -0.15) is 0 Å². The quantitative estimate of drug-likeness (QED) is 0.401. The molecule has 1 spiro atoms. The number of hydrogen-bond acceptors (Lipinski definition) is 3. The number of aryl methyl sites for hydroxylation is 1. The van der Waals surface area contributed by atoms with Crippen molar-refractivity contribution < 1.29 is 14.7 Å². The number of carboxylic acids is 1. The summed E-state index contributed by atoms with van der Waals surface area (Å²) in [7, 11) is 1.50. The number of hydrogen-bond donors (Lipinski definition) is 1. The first-order chi connectivity index (χ1) is 15.8. The molecular weight excluding hydrogens is 414 g/mol. The maximum absolute atomic E-state index is 12.8. The summed E-state index contributed by atoms with van der Waals surface area (Å²) in [6, 6.07) is 13.8. The van der Waals surface area contributed by atoms with Gasteiger partial charge in [-0.25, -0.2) is 4.99 Å². The molecule has 2 aromatic rings. The minimum absolute atomic E-state index is 0.127. The highest BCUT2D eigenvalue weighted by Crippen LogP contribution is 2.56. The van der Waals surface area contributed by atoms with Gasteiger partial charge < -0.3 is 14.9 Å². The third-order valence-corrected chi connectivity index (χ3v) is 6.60. The van der Waals surface area contributed by atoms with Crippen LogP contribution in [0.2, 0.25) is 0 Å². The van der Waals surface area contributed by atoms with E-state index in [0.717, 1.165) is 47.6 Å². The van der Waals surface area contributed by atoms with Crippen molar-refractivity contribution in [2.75, 3.05) is 25.0 Å². The Bertz CT molecular complexity index is 1190. The van der Waals surface area contributed by atoms with E-state index >= 15 is 0 Å². The molecule has 4 rings (SSSR count). The van der Waals surface area contributed by atoms with Crippen molar-refractivity contribution in [1.29, 1.82) is 0 Å². The highest BCUT2D eigenvalue weighted by molar-refractivity contribution is 6.02. The number of nitrogens with zero attached hydrogens (tertiary/aromatic N) is 3. The number of amidine groups is 1. The monoisotopic (exact) mass is 443 g/mol. The molecule has 2 aromatic carbocycles. The van der Waals surface area contributed by atoms with Gasteiger partial charge in [0.2, 0.25) is 0 Å². The molecule has 1 heterocycles. The van der Waals surface area contributed by atoms with Gasteiger partial charge >= 0.3 is 5.97 Å². The molecule has 0 saturated heterocycles. The van der Waals surface area contributed by atoms with Gasteiger partial charge in [-0.15, -0.1) is 0 Å². The first-order valence-corrected chi connectivity index (χ1v) is 11.1. The molecule has 0 radical (unpaired) electrons. The zero-order valence-electron chi connectivity index (χ0n) is 19.3. The minimum Gasteiger partial charge on any atom is -0.480 e. The van der Waals surface area contributed by atoms with Crippen LogP contribution in [0.4, 0.5) is 5.69 Å². The number of benzene rings is 2. The molecule has 0 atom stereocenters. The summed E-state index contributed by atoms with van der Waals surface area (Å²) >= 11 is 0. The van der Waals surface area contributed by atoms with E-state index < -0.39 is 5.97 Å². The summed E-state index contributed by atoms with van der Waals surface area (Å²) in [6.45, 7) is 8.50. The average molecular weight is 444 g/mol. The number of carboxylic acid groups (broad SMARTS) is 1. The van der Waals surface area contributed by atoms with Crippen LogP contribution in [0.15, 0.2) is 66.3 Å². The summed E-state index contributed by atoms with van der Waals surface area (Å²) in [4.78, 5) is 31.9. The Labute approximate surface area is 194 Å². The second-order valence-electron chi connectivity index (χ2n) is 8.93. The topological polar surface area (TPSA) is 73.2 Å². The van der Waals surface area contributed by atoms with Crippen LogP contribution in [0.25, 0.3) is 5.57 Å². The smallest absolute Gasteiger partial charge is 0.323 e. The van der Waals surface area contributed by atoms with Crippen LogP contribution in [-0.2, 0) is 10.2 Å². The number of anilines is 1. The first kappa shape index (κ1) is 22.5. The van der Waals surface area contributed by atoms with Gasteiger partial charge in [0.15, 0.2) is 0 Å². The van der Waals surface area contributed by atoms with Gasteiger partial charge in [0, 0.05) is 36.5 Å². The van der Waals surface area contributed by atoms with Gasteiger partial charge in [0.25, 0.3) is 5.91 Å². The third-order valence-electron chi connectivity index (χ3n) is 6.60. The number of aliphatic imine (C=N–C) groups is 1. The zero-order valence-corrected chi connectivity index (χ0v) is 19.3. The molecule has 0 aromatic heterocycles. The summed E-state index contributed by atoms with van der Waals surface area (Å²) in [5.41, 5.74) is 6.03. The van der Waals surface area contributed by atoms with E-state index in [0.29, 0.717) is 5.56 Å². The predicted molar refractivity (Wildman–Crippen MR) is 132 cm³/mol. The number of carbonyl (C=O) groups is 2. The SMILES string of the molecule is C=C/C(=C\N=C(C)N1CC2(CC2)c2ccc(C(=O)N(C)CC(=O)O)cc21)c1ccccc1C. The number of fused-ring (bicyclic) bond motifs is 2. The molecule has 0 bridgehead atoms. The summed E-state index contributed by atoms with van der Waals surface area (Å²) in [5.74, 6) is -0.497. The highest BCUT2D eigenvalue weighted by atomic mass is 16.4. The second kappa shape index (κ2) is 8.70. The van der Waals surface area contributed by atoms with Crippen molar-refractivity contribution in [3.63, 3.8) is 0 Å². The fraction of sp³-hybridized carbons (Fsp3) is 0.296. The van der Waals surface area contributed by atoms with Crippen LogP contribution in [0.3, 0.4) is 0 Å². The summed E-state index contributed by atoms with van der Waals surface area (Å²) < 4.78 is 0. The number of amides is 1. The second-order valence-corrected chi connectivity index (χ2v) is 8.93. The van der Waals surface area contributed by atoms with E-state index in [2.05, 4.69) is 30.5 Å². The molecule has 1 saturated carbocycles. The van der Waals surface area contributed by atoms with Crippen LogP contribution in [0.5, 0.6) is 0 Å². The van der Waals surface area contributed by atoms with Crippen molar-refractivity contribution >= 4 is 29.0 Å². The van der Waals surface area contributed by atoms with Crippen molar-refractivity contribution in [2.24, 2.45) is 4.99 Å². The number of carbonyl (C=O) groups excluding carboxylic acids is 1. The molecule has 33 heavy (non-hydrogen) atoms. The zero-order chi connectivity index (χ0) is 23.8. The molecule has 0 unspecified atom stereocenters. The third kappa shape index (κ3) is 4.33. The molecule has 6 nitrogen and oxygen atoms in total. The molecule has 1 aliphatic heterocycles. The molecule has 6 heteroatoms. The molecular formula is C27H29N3O3. The van der Waals surface area contributed by atoms with E-state index in [1.807, 2.05) is 49.5 Å². The highest BCUT2D eigenvalue weighted by Gasteiger charge is 2.52. The van der Waals surface area contributed by atoms with Crippen LogP contribution < -0.4 is 4.90 Å². The molecule has 2 aliphatic rings. The summed E-state index contributed by atoms with van der Waals surface area (Å²) in [5, 5.41) is 9.02. The Morgan fingerprint density at radius 1 is 1.24 bits per heavy atom. The molecule has 1 aliphatic carbocycles. The van der Waals surface area contributed by atoms with E-state index in [9.17, 15) is 9.59 Å². The molecule has 1 fully saturated rings. The number of rotatable bonds is 6. The predicted octanol–water partition coefficient (Wildman–Crippen LogP) is 4.65. The maximum atomic E-state index is 12.8. The van der Waals surface area contributed by atoms with Crippen LogP contribution in [-0.4, -0.2) is 47.9 Å². The van der Waals surface area contributed by atoms with Gasteiger partial charge in [0.1, 0.15) is 12.4 Å². The molecule has 1 N–H and O–H groups in total. The van der Waals surface area contributed by atoms with E-state index in [4.69, 9.17) is 10.1 Å². The van der Waals surface area contributed by atoms with E-state index in [1.54, 1.807) is 0 Å². The van der Waals surface area contributed by atoms with Crippen molar-refractivity contribution in [1.82, 2.24) is 4.90 Å². The van der Waals surface area contributed by atoms with Gasteiger partial charge in [-0.3, -0.25) is 9.59 Å². The van der Waals surface area contributed by atoms with E-state index in [-0.39, 0.29) is 17.9 Å². The fourth-order valence-corrected chi connectivity index (χ4v) is 4.53. The van der Waals surface area contributed by atoms with Crippen LogP contribution in [0.1, 0.15) is 46.8 Å². The Kier molecular flexibility index (Phi) is 5.93. The largest absolute Gasteiger partial charge is 0.480 e. The Balaban J connectivity index is 1.66. The van der Waals surface area contributed by atoms with Crippen molar-refractivity contribution in [2.45, 2.75) is 32.1 Å². The Morgan fingerprint density at radius 2 is 1.97 bits per heavy atom. The number of allylic oxidation sites excluding steroid dienone is 2. The lowest BCUT2D eigenvalue weighted by Crippen LogP contribution is -2.32. The van der Waals surface area contributed by atoms with Crippen LogP contribution in [0, 0.1) is 6.92 Å². The minimum atomic E-state index is -1.04. The fourth-order valence-electron chi connectivity index (χ4n) is 4.53. The lowest BCUT2D eigenvalue weighted by atomic mass is 9.97. The molecule has 170 valence electrons. The normalized spacial score (nSPS) is 16.5. The lowest BCUT2D eigenvalue weighted by Gasteiger charge is -2.20. The Morgan fingerprint density at radius 3 is 2.61 bits per heavy atom. The van der Waals surface area contributed by atoms with E-state index in [1.165, 1.54) is 17.5 Å². The van der Waals surface area contributed by atoms with Crippen molar-refractivity contribution in [3.05, 3.63) is 83.6 Å². The average Bonchev–Trinajstić information content (AvgIpc) is 3.50. The van der Waals surface area contributed by atoms with Gasteiger partial charge in [-0.1, -0.05) is 43.0 Å². The lowest BCUT2D eigenvalue weighted by molar-refractivity contribution is -0.137.